The zero-order valence-corrected chi connectivity index (χ0v) is 16.0. The van der Waals surface area contributed by atoms with Crippen LogP contribution >= 0.6 is 23.8 Å². The van der Waals surface area contributed by atoms with Crippen molar-refractivity contribution in [1.82, 2.24) is 5.32 Å². The predicted octanol–water partition coefficient (Wildman–Crippen LogP) is 5.34. The second kappa shape index (κ2) is 8.36. The number of anilines is 1. The summed E-state index contributed by atoms with van der Waals surface area (Å²) in [6.45, 7) is 6.29. The highest BCUT2D eigenvalue weighted by atomic mass is 35.5. The van der Waals surface area contributed by atoms with Crippen molar-refractivity contribution in [3.8, 4) is 5.75 Å². The van der Waals surface area contributed by atoms with Gasteiger partial charge in [-0.05, 0) is 60.5 Å². The van der Waals surface area contributed by atoms with E-state index in [1.54, 1.807) is 7.11 Å². The summed E-state index contributed by atoms with van der Waals surface area (Å²) >= 11 is 11.7. The van der Waals surface area contributed by atoms with E-state index in [9.17, 15) is 0 Å². The zero-order valence-electron chi connectivity index (χ0n) is 14.4. The van der Waals surface area contributed by atoms with Crippen molar-refractivity contribution in [1.29, 1.82) is 0 Å². The Labute approximate surface area is 154 Å². The summed E-state index contributed by atoms with van der Waals surface area (Å²) in [7, 11) is 1.67. The third kappa shape index (κ3) is 4.62. The smallest absolute Gasteiger partial charge is 0.171 e. The van der Waals surface area contributed by atoms with Crippen molar-refractivity contribution in [3.05, 3.63) is 58.6 Å². The van der Waals surface area contributed by atoms with Crippen LogP contribution in [0.5, 0.6) is 5.75 Å². The van der Waals surface area contributed by atoms with Crippen molar-refractivity contribution in [2.75, 3.05) is 12.4 Å². The maximum atomic E-state index is 6.16. The van der Waals surface area contributed by atoms with Gasteiger partial charge in [0.15, 0.2) is 5.11 Å². The van der Waals surface area contributed by atoms with Gasteiger partial charge < -0.3 is 15.4 Å². The minimum absolute atomic E-state index is 0.107. The standard InChI is InChI=1S/C19H23ClN2OS/c1-12(2)18(14-8-10-15(23-4)11-9-14)22-19(24)21-17-7-5-6-16(20)13(17)3/h5-12,18H,1-4H3,(H2,21,22,24)/t18-/m1/s1. The Balaban J connectivity index is 2.12. The lowest BCUT2D eigenvalue weighted by molar-refractivity contribution is 0.413. The summed E-state index contributed by atoms with van der Waals surface area (Å²) in [5, 5.41) is 7.94. The molecule has 0 aliphatic rings. The van der Waals surface area contributed by atoms with Gasteiger partial charge in [0.25, 0.3) is 0 Å². The Morgan fingerprint density at radius 3 is 2.38 bits per heavy atom. The SMILES string of the molecule is COc1ccc([C@H](NC(=S)Nc2cccc(Cl)c2C)C(C)C)cc1. The first kappa shape index (κ1) is 18.6. The van der Waals surface area contributed by atoms with Crippen molar-refractivity contribution in [2.24, 2.45) is 5.92 Å². The summed E-state index contributed by atoms with van der Waals surface area (Å²) in [6.07, 6.45) is 0. The van der Waals surface area contributed by atoms with E-state index in [1.807, 2.05) is 37.3 Å². The first-order valence-corrected chi connectivity index (χ1v) is 8.67. The topological polar surface area (TPSA) is 33.3 Å². The van der Waals surface area contributed by atoms with E-state index >= 15 is 0 Å². The van der Waals surface area contributed by atoms with Crippen molar-refractivity contribution < 1.29 is 4.74 Å². The van der Waals surface area contributed by atoms with Crippen LogP contribution in [0, 0.1) is 12.8 Å². The number of ether oxygens (including phenoxy) is 1. The Morgan fingerprint density at radius 1 is 1.12 bits per heavy atom. The molecule has 0 saturated heterocycles. The molecule has 0 amide bonds. The van der Waals surface area contributed by atoms with Gasteiger partial charge in [0.05, 0.1) is 13.2 Å². The Bertz CT molecular complexity index is 701. The third-order valence-corrected chi connectivity index (χ3v) is 4.57. The molecule has 0 aliphatic carbocycles. The number of methoxy groups -OCH3 is 1. The highest BCUT2D eigenvalue weighted by molar-refractivity contribution is 7.80. The van der Waals surface area contributed by atoms with Gasteiger partial charge in [0.2, 0.25) is 0 Å². The molecule has 2 N–H and O–H groups in total. The lowest BCUT2D eigenvalue weighted by atomic mass is 9.96. The average Bonchev–Trinajstić information content (AvgIpc) is 2.57. The lowest BCUT2D eigenvalue weighted by Crippen LogP contribution is -2.35. The molecule has 2 aromatic rings. The number of hydrogen-bond acceptors (Lipinski definition) is 2. The molecule has 2 aromatic carbocycles. The van der Waals surface area contributed by atoms with Crippen molar-refractivity contribution in [2.45, 2.75) is 26.8 Å². The van der Waals surface area contributed by atoms with Gasteiger partial charge in [-0.15, -0.1) is 0 Å². The minimum Gasteiger partial charge on any atom is -0.497 e. The molecular weight excluding hydrogens is 340 g/mol. The molecule has 0 aliphatic heterocycles. The fraction of sp³-hybridized carbons (Fsp3) is 0.316. The van der Waals surface area contributed by atoms with Crippen LogP contribution in [0.1, 0.15) is 31.0 Å². The molecule has 0 radical (unpaired) electrons. The van der Waals surface area contributed by atoms with Crippen LogP contribution in [0.2, 0.25) is 5.02 Å². The van der Waals surface area contributed by atoms with E-state index in [0.717, 1.165) is 27.6 Å². The molecule has 0 spiro atoms. The highest BCUT2D eigenvalue weighted by Crippen LogP contribution is 2.25. The molecule has 0 heterocycles. The maximum Gasteiger partial charge on any atom is 0.171 e. The van der Waals surface area contributed by atoms with E-state index in [4.69, 9.17) is 28.6 Å². The van der Waals surface area contributed by atoms with Crippen molar-refractivity contribution in [3.63, 3.8) is 0 Å². The maximum absolute atomic E-state index is 6.16. The van der Waals surface area contributed by atoms with E-state index in [-0.39, 0.29) is 6.04 Å². The van der Waals surface area contributed by atoms with Crippen LogP contribution in [-0.2, 0) is 0 Å². The molecule has 0 unspecified atom stereocenters. The normalized spacial score (nSPS) is 11.9. The van der Waals surface area contributed by atoms with Gasteiger partial charge in [0.1, 0.15) is 5.75 Å². The lowest BCUT2D eigenvalue weighted by Gasteiger charge is -2.25. The average molecular weight is 363 g/mol. The molecule has 24 heavy (non-hydrogen) atoms. The predicted molar refractivity (Wildman–Crippen MR) is 106 cm³/mol. The third-order valence-electron chi connectivity index (χ3n) is 3.94. The second-order valence-electron chi connectivity index (χ2n) is 6.01. The number of hydrogen-bond donors (Lipinski definition) is 2. The molecule has 0 saturated carbocycles. The fourth-order valence-corrected chi connectivity index (χ4v) is 2.90. The molecule has 1 atom stereocenters. The van der Waals surface area contributed by atoms with Crippen LogP contribution in [0.25, 0.3) is 0 Å². The Hall–Kier alpha value is -1.78. The first-order valence-electron chi connectivity index (χ1n) is 7.89. The fourth-order valence-electron chi connectivity index (χ4n) is 2.49. The quantitative estimate of drug-likeness (QED) is 0.703. The molecule has 128 valence electrons. The monoisotopic (exact) mass is 362 g/mol. The van der Waals surface area contributed by atoms with Gasteiger partial charge in [-0.3, -0.25) is 0 Å². The highest BCUT2D eigenvalue weighted by Gasteiger charge is 2.17. The number of nitrogens with one attached hydrogen (secondary N) is 2. The Morgan fingerprint density at radius 2 is 1.79 bits per heavy atom. The van der Waals surface area contributed by atoms with Gasteiger partial charge in [-0.1, -0.05) is 43.6 Å². The molecule has 0 fully saturated rings. The molecule has 0 bridgehead atoms. The zero-order chi connectivity index (χ0) is 17.7. The summed E-state index contributed by atoms with van der Waals surface area (Å²) in [6, 6.07) is 13.9. The van der Waals surface area contributed by atoms with Gasteiger partial charge in [0, 0.05) is 10.7 Å². The van der Waals surface area contributed by atoms with E-state index in [0.29, 0.717) is 11.0 Å². The largest absolute Gasteiger partial charge is 0.497 e. The summed E-state index contributed by atoms with van der Waals surface area (Å²) in [5.74, 6) is 1.22. The van der Waals surface area contributed by atoms with Crippen LogP contribution in [0.3, 0.4) is 0 Å². The van der Waals surface area contributed by atoms with E-state index < -0.39 is 0 Å². The van der Waals surface area contributed by atoms with Crippen LogP contribution < -0.4 is 15.4 Å². The molecule has 3 nitrogen and oxygen atoms in total. The molecule has 0 aromatic heterocycles. The van der Waals surface area contributed by atoms with Crippen LogP contribution in [0.4, 0.5) is 5.69 Å². The summed E-state index contributed by atoms with van der Waals surface area (Å²) in [4.78, 5) is 0. The number of rotatable bonds is 5. The minimum atomic E-state index is 0.107. The van der Waals surface area contributed by atoms with E-state index in [2.05, 4.69) is 36.6 Å². The summed E-state index contributed by atoms with van der Waals surface area (Å²) < 4.78 is 5.22. The van der Waals surface area contributed by atoms with Gasteiger partial charge in [-0.2, -0.15) is 0 Å². The number of halogens is 1. The Kier molecular flexibility index (Phi) is 6.46. The first-order chi connectivity index (χ1) is 11.4. The number of benzene rings is 2. The van der Waals surface area contributed by atoms with Gasteiger partial charge in [-0.25, -0.2) is 0 Å². The second-order valence-corrected chi connectivity index (χ2v) is 6.82. The van der Waals surface area contributed by atoms with Crippen LogP contribution in [-0.4, -0.2) is 12.2 Å². The van der Waals surface area contributed by atoms with Crippen LogP contribution in [0.15, 0.2) is 42.5 Å². The summed E-state index contributed by atoms with van der Waals surface area (Å²) in [5.41, 5.74) is 3.06. The van der Waals surface area contributed by atoms with E-state index in [1.165, 1.54) is 0 Å². The molecular formula is C19H23ClN2OS. The van der Waals surface area contributed by atoms with Gasteiger partial charge >= 0.3 is 0 Å². The molecule has 5 heteroatoms. The number of thiocarbonyl (C=S) groups is 1. The molecule has 2 rings (SSSR count). The van der Waals surface area contributed by atoms with Crippen molar-refractivity contribution >= 4 is 34.6 Å².